The standard InChI is InChI=1S/C20H25N3O6/c1-27-16-8-14-15(9-17(16)28-2)22-12-23(20(14)26)7-3-4-18(24)21-10-19(25)29-11-13-5-6-13/h8-9,12-13H,3-7,10-11H2,1-2H3,(H,21,24). The monoisotopic (exact) mass is 403 g/mol. The fourth-order valence-corrected chi connectivity index (χ4v) is 2.86. The van der Waals surface area contributed by atoms with Crippen molar-refractivity contribution in [3.8, 4) is 11.5 Å². The number of nitrogens with zero attached hydrogens (tertiary/aromatic N) is 2. The minimum absolute atomic E-state index is 0.134. The lowest BCUT2D eigenvalue weighted by Gasteiger charge is -2.10. The van der Waals surface area contributed by atoms with Gasteiger partial charge in [-0.3, -0.25) is 19.0 Å². The van der Waals surface area contributed by atoms with Crippen LogP contribution in [0.2, 0.25) is 0 Å². The summed E-state index contributed by atoms with van der Waals surface area (Å²) in [5, 5.41) is 2.95. The van der Waals surface area contributed by atoms with E-state index in [1.807, 2.05) is 0 Å². The van der Waals surface area contributed by atoms with Gasteiger partial charge in [0.1, 0.15) is 6.54 Å². The number of carbonyl (C=O) groups is 2. The summed E-state index contributed by atoms with van der Waals surface area (Å²) in [7, 11) is 3.02. The number of fused-ring (bicyclic) bond motifs is 1. The summed E-state index contributed by atoms with van der Waals surface area (Å²) < 4.78 is 17.0. The lowest BCUT2D eigenvalue weighted by molar-refractivity contribution is -0.144. The number of hydrogen-bond donors (Lipinski definition) is 1. The molecule has 0 saturated heterocycles. The molecule has 3 rings (SSSR count). The van der Waals surface area contributed by atoms with E-state index in [9.17, 15) is 14.4 Å². The van der Waals surface area contributed by atoms with Gasteiger partial charge in [-0.25, -0.2) is 4.98 Å². The quantitative estimate of drug-likeness (QED) is 0.595. The molecule has 1 aromatic carbocycles. The molecule has 9 heteroatoms. The maximum atomic E-state index is 12.7. The second-order valence-corrected chi connectivity index (χ2v) is 6.97. The van der Waals surface area contributed by atoms with E-state index >= 15 is 0 Å². The van der Waals surface area contributed by atoms with Crippen LogP contribution in [0.1, 0.15) is 25.7 Å². The van der Waals surface area contributed by atoms with Crippen LogP contribution >= 0.6 is 0 Å². The highest BCUT2D eigenvalue weighted by Gasteiger charge is 2.23. The molecule has 1 aliphatic rings. The Hall–Kier alpha value is -3.10. The lowest BCUT2D eigenvalue weighted by atomic mass is 10.2. The van der Waals surface area contributed by atoms with Gasteiger partial charge in [0, 0.05) is 19.0 Å². The minimum Gasteiger partial charge on any atom is -0.493 e. The molecule has 2 aromatic rings. The van der Waals surface area contributed by atoms with Crippen LogP contribution < -0.4 is 20.3 Å². The topological polar surface area (TPSA) is 109 Å². The molecule has 9 nitrogen and oxygen atoms in total. The molecule has 1 fully saturated rings. The first-order valence-electron chi connectivity index (χ1n) is 9.55. The molecule has 0 aliphatic heterocycles. The van der Waals surface area contributed by atoms with E-state index < -0.39 is 5.97 Å². The van der Waals surface area contributed by atoms with Crippen LogP contribution in [-0.2, 0) is 20.9 Å². The molecule has 29 heavy (non-hydrogen) atoms. The zero-order valence-corrected chi connectivity index (χ0v) is 16.6. The second kappa shape index (κ2) is 9.40. The van der Waals surface area contributed by atoms with Gasteiger partial charge >= 0.3 is 5.97 Å². The Morgan fingerprint density at radius 2 is 1.93 bits per heavy atom. The first-order valence-corrected chi connectivity index (χ1v) is 9.55. The van der Waals surface area contributed by atoms with Crippen molar-refractivity contribution in [1.82, 2.24) is 14.9 Å². The van der Waals surface area contributed by atoms with Crippen molar-refractivity contribution in [2.24, 2.45) is 5.92 Å². The normalized spacial score (nSPS) is 13.2. The highest BCUT2D eigenvalue weighted by atomic mass is 16.5. The average Bonchev–Trinajstić information content (AvgIpc) is 3.56. The van der Waals surface area contributed by atoms with Crippen LogP contribution in [0, 0.1) is 5.92 Å². The zero-order valence-electron chi connectivity index (χ0n) is 16.6. The van der Waals surface area contributed by atoms with Gasteiger partial charge in [-0.15, -0.1) is 0 Å². The van der Waals surface area contributed by atoms with Crippen LogP contribution in [0.5, 0.6) is 11.5 Å². The number of methoxy groups -OCH3 is 2. The fraction of sp³-hybridized carbons (Fsp3) is 0.500. The maximum absolute atomic E-state index is 12.7. The molecule has 0 bridgehead atoms. The van der Waals surface area contributed by atoms with Crippen LogP contribution in [0.25, 0.3) is 10.9 Å². The van der Waals surface area contributed by atoms with Crippen LogP contribution in [0.15, 0.2) is 23.3 Å². The highest BCUT2D eigenvalue weighted by molar-refractivity contribution is 5.82. The van der Waals surface area contributed by atoms with E-state index in [0.717, 1.165) is 12.8 Å². The third-order valence-electron chi connectivity index (χ3n) is 4.74. The molecule has 1 amide bonds. The third-order valence-corrected chi connectivity index (χ3v) is 4.74. The molecule has 1 aromatic heterocycles. The van der Waals surface area contributed by atoms with Crippen LogP contribution in [0.4, 0.5) is 0 Å². The van der Waals surface area contributed by atoms with Gasteiger partial charge in [0.2, 0.25) is 5.91 Å². The maximum Gasteiger partial charge on any atom is 0.325 e. The first kappa shape index (κ1) is 20.6. The molecule has 0 atom stereocenters. The molecule has 0 spiro atoms. The number of aromatic nitrogens is 2. The number of nitrogens with one attached hydrogen (secondary N) is 1. The number of carbonyl (C=O) groups excluding carboxylic acids is 2. The molecule has 1 N–H and O–H groups in total. The van der Waals surface area contributed by atoms with E-state index in [4.69, 9.17) is 14.2 Å². The van der Waals surface area contributed by atoms with Gasteiger partial charge in [-0.1, -0.05) is 0 Å². The van der Waals surface area contributed by atoms with Gasteiger partial charge in [0.15, 0.2) is 11.5 Å². The smallest absolute Gasteiger partial charge is 0.325 e. The van der Waals surface area contributed by atoms with E-state index in [2.05, 4.69) is 10.3 Å². The fourth-order valence-electron chi connectivity index (χ4n) is 2.86. The molecule has 1 saturated carbocycles. The van der Waals surface area contributed by atoms with Crippen LogP contribution in [0.3, 0.4) is 0 Å². The molecule has 156 valence electrons. The number of aryl methyl sites for hydroxylation is 1. The first-order chi connectivity index (χ1) is 14.0. The number of benzene rings is 1. The largest absolute Gasteiger partial charge is 0.493 e. The number of ether oxygens (including phenoxy) is 3. The summed E-state index contributed by atoms with van der Waals surface area (Å²) in [4.78, 5) is 40.4. The summed E-state index contributed by atoms with van der Waals surface area (Å²) >= 11 is 0. The van der Waals surface area contributed by atoms with Gasteiger partial charge in [0.05, 0.1) is 38.1 Å². The Balaban J connectivity index is 1.52. The van der Waals surface area contributed by atoms with Crippen molar-refractivity contribution in [3.05, 3.63) is 28.8 Å². The Morgan fingerprint density at radius 3 is 2.62 bits per heavy atom. The van der Waals surface area contributed by atoms with Crippen molar-refractivity contribution in [1.29, 1.82) is 0 Å². The molecule has 0 unspecified atom stereocenters. The Labute approximate surface area is 168 Å². The van der Waals surface area contributed by atoms with Crippen LogP contribution in [-0.4, -0.2) is 48.8 Å². The van der Waals surface area contributed by atoms with Gasteiger partial charge < -0.3 is 19.5 Å². The minimum atomic E-state index is -0.426. The number of esters is 1. The second-order valence-electron chi connectivity index (χ2n) is 6.97. The number of rotatable bonds is 10. The van der Waals surface area contributed by atoms with Gasteiger partial charge in [-0.05, 0) is 31.2 Å². The highest BCUT2D eigenvalue weighted by Crippen LogP contribution is 2.30. The summed E-state index contributed by atoms with van der Waals surface area (Å²) in [5.74, 6) is 0.748. The Kier molecular flexibility index (Phi) is 6.69. The third kappa shape index (κ3) is 5.46. The Morgan fingerprint density at radius 1 is 1.21 bits per heavy atom. The number of amides is 1. The van der Waals surface area contributed by atoms with E-state index in [0.29, 0.717) is 47.9 Å². The predicted molar refractivity (Wildman–Crippen MR) is 105 cm³/mol. The molecule has 1 aliphatic carbocycles. The summed E-state index contributed by atoms with van der Waals surface area (Å²) in [5.41, 5.74) is 0.284. The van der Waals surface area contributed by atoms with Crippen molar-refractivity contribution >= 4 is 22.8 Å². The summed E-state index contributed by atoms with van der Waals surface area (Å²) in [6.45, 7) is 0.629. The molecular formula is C20H25N3O6. The predicted octanol–water partition coefficient (Wildman–Crippen LogP) is 1.26. The molecule has 0 radical (unpaired) electrons. The lowest BCUT2D eigenvalue weighted by Crippen LogP contribution is -2.31. The summed E-state index contributed by atoms with van der Waals surface area (Å²) in [6, 6.07) is 3.25. The van der Waals surface area contributed by atoms with E-state index in [1.54, 1.807) is 12.1 Å². The average molecular weight is 403 g/mol. The van der Waals surface area contributed by atoms with Crippen molar-refractivity contribution in [3.63, 3.8) is 0 Å². The summed E-state index contributed by atoms with van der Waals surface area (Å²) in [6.07, 6.45) is 4.27. The van der Waals surface area contributed by atoms with Gasteiger partial charge in [-0.2, -0.15) is 0 Å². The van der Waals surface area contributed by atoms with Crippen molar-refractivity contribution < 1.29 is 23.8 Å². The zero-order chi connectivity index (χ0) is 20.8. The molecule has 1 heterocycles. The van der Waals surface area contributed by atoms with Crippen molar-refractivity contribution in [2.75, 3.05) is 27.4 Å². The Bertz CT molecular complexity index is 951. The van der Waals surface area contributed by atoms with Crippen molar-refractivity contribution in [2.45, 2.75) is 32.2 Å². The van der Waals surface area contributed by atoms with E-state index in [-0.39, 0.29) is 24.4 Å². The van der Waals surface area contributed by atoms with E-state index in [1.165, 1.54) is 25.1 Å². The number of hydrogen-bond acceptors (Lipinski definition) is 7. The molecular weight excluding hydrogens is 378 g/mol. The van der Waals surface area contributed by atoms with Gasteiger partial charge in [0.25, 0.3) is 5.56 Å². The SMILES string of the molecule is COc1cc2ncn(CCCC(=O)NCC(=O)OCC3CC3)c(=O)c2cc1OC.